The van der Waals surface area contributed by atoms with Crippen LogP contribution in [0.5, 0.6) is 0 Å². The largest absolute Gasteiger partial charge is 0.328 e. The van der Waals surface area contributed by atoms with Crippen LogP contribution in [-0.4, -0.2) is 20.8 Å². The van der Waals surface area contributed by atoms with Crippen LogP contribution in [0.15, 0.2) is 0 Å². The van der Waals surface area contributed by atoms with Gasteiger partial charge in [-0.3, -0.25) is 4.55 Å². The molecule has 66 valence electrons. The van der Waals surface area contributed by atoms with Crippen LogP contribution in [0.2, 0.25) is 0 Å². The molecule has 1 aliphatic carbocycles. The minimum atomic E-state index is -1.87. The van der Waals surface area contributed by atoms with E-state index < -0.39 is 11.3 Å². The third kappa shape index (κ3) is 3.29. The van der Waals surface area contributed by atoms with Gasteiger partial charge in [0.2, 0.25) is 11.3 Å². The van der Waals surface area contributed by atoms with E-state index in [2.05, 4.69) is 4.72 Å². The van der Waals surface area contributed by atoms with Crippen LogP contribution in [0, 0.1) is 0 Å². The average Bonchev–Trinajstić information content (AvgIpc) is 1.93. The fourth-order valence-electron chi connectivity index (χ4n) is 1.38. The van der Waals surface area contributed by atoms with Gasteiger partial charge in [0, 0.05) is 12.1 Å². The Kier molecular flexibility index (Phi) is 3.45. The fraction of sp³-hybridized carbons (Fsp3) is 1.00. The molecule has 0 amide bonds. The van der Waals surface area contributed by atoms with E-state index in [1.807, 2.05) is 0 Å². The highest BCUT2D eigenvalue weighted by Gasteiger charge is 2.18. The molecular formula is C6H14N2O2S. The van der Waals surface area contributed by atoms with Gasteiger partial charge in [-0.1, -0.05) is 0 Å². The molecule has 1 rings (SSSR count). The van der Waals surface area contributed by atoms with Crippen molar-refractivity contribution in [2.24, 2.45) is 5.73 Å². The van der Waals surface area contributed by atoms with Crippen LogP contribution in [0.1, 0.15) is 25.7 Å². The van der Waals surface area contributed by atoms with Crippen molar-refractivity contribution >= 4 is 11.3 Å². The SMILES string of the molecule is NC1CCC(NS(=O)O)CC1. The standard InChI is InChI=1S/C6H14N2O2S/c7-5-1-3-6(4-2-5)8-11(9)10/h5-6,8H,1-4,7H2,(H,9,10). The van der Waals surface area contributed by atoms with E-state index in [1.165, 1.54) is 0 Å². The first-order chi connectivity index (χ1) is 5.18. The first-order valence-electron chi connectivity index (χ1n) is 3.81. The summed E-state index contributed by atoms with van der Waals surface area (Å²) in [5.74, 6) is 0. The van der Waals surface area contributed by atoms with Crippen LogP contribution >= 0.6 is 0 Å². The summed E-state index contributed by atoms with van der Waals surface area (Å²) in [4.78, 5) is 0. The van der Waals surface area contributed by atoms with Crippen molar-refractivity contribution in [3.8, 4) is 0 Å². The smallest absolute Gasteiger partial charge is 0.231 e. The molecule has 11 heavy (non-hydrogen) atoms. The van der Waals surface area contributed by atoms with Crippen LogP contribution < -0.4 is 10.5 Å². The number of rotatable bonds is 2. The van der Waals surface area contributed by atoms with Gasteiger partial charge in [-0.2, -0.15) is 0 Å². The normalized spacial score (nSPS) is 35.1. The Hall–Kier alpha value is 0.0300. The third-order valence-corrected chi connectivity index (χ3v) is 2.57. The Morgan fingerprint density at radius 2 is 1.91 bits per heavy atom. The predicted molar refractivity (Wildman–Crippen MR) is 44.1 cm³/mol. The predicted octanol–water partition coefficient (Wildman–Crippen LogP) is -0.0174. The van der Waals surface area contributed by atoms with Crippen molar-refractivity contribution < 1.29 is 8.76 Å². The summed E-state index contributed by atoms with van der Waals surface area (Å²) in [7, 11) is 0. The maximum atomic E-state index is 10.3. The van der Waals surface area contributed by atoms with Gasteiger partial charge in [-0.25, -0.2) is 8.93 Å². The summed E-state index contributed by atoms with van der Waals surface area (Å²) in [6, 6.07) is 0.473. The zero-order chi connectivity index (χ0) is 8.27. The minimum absolute atomic E-state index is 0.181. The second kappa shape index (κ2) is 4.15. The molecule has 0 radical (unpaired) electrons. The zero-order valence-corrected chi connectivity index (χ0v) is 7.14. The van der Waals surface area contributed by atoms with Crippen LogP contribution in [0.4, 0.5) is 0 Å². The summed E-state index contributed by atoms with van der Waals surface area (Å²) in [6.45, 7) is 0. The molecule has 0 saturated heterocycles. The van der Waals surface area contributed by atoms with Crippen molar-refractivity contribution in [1.82, 2.24) is 4.72 Å². The van der Waals surface area contributed by atoms with Crippen LogP contribution in [0.3, 0.4) is 0 Å². The summed E-state index contributed by atoms with van der Waals surface area (Å²) >= 11 is -1.87. The summed E-state index contributed by atoms with van der Waals surface area (Å²) in [5.41, 5.74) is 5.66. The molecule has 0 aromatic rings. The number of hydrogen-bond acceptors (Lipinski definition) is 2. The second-order valence-electron chi connectivity index (χ2n) is 2.98. The molecule has 1 saturated carbocycles. The molecule has 0 spiro atoms. The van der Waals surface area contributed by atoms with E-state index in [9.17, 15) is 4.21 Å². The highest BCUT2D eigenvalue weighted by Crippen LogP contribution is 2.16. The lowest BCUT2D eigenvalue weighted by molar-refractivity contribution is 0.371. The molecule has 1 fully saturated rings. The van der Waals surface area contributed by atoms with Crippen molar-refractivity contribution in [3.63, 3.8) is 0 Å². The molecule has 0 bridgehead atoms. The van der Waals surface area contributed by atoms with Gasteiger partial charge < -0.3 is 5.73 Å². The Balaban J connectivity index is 2.22. The number of nitrogens with one attached hydrogen (secondary N) is 1. The second-order valence-corrected chi connectivity index (χ2v) is 3.71. The maximum Gasteiger partial charge on any atom is 0.231 e. The number of hydrogen-bond donors (Lipinski definition) is 3. The summed E-state index contributed by atoms with van der Waals surface area (Å²) < 4.78 is 21.4. The van der Waals surface area contributed by atoms with Crippen molar-refractivity contribution in [2.45, 2.75) is 37.8 Å². The Morgan fingerprint density at radius 1 is 1.36 bits per heavy atom. The van der Waals surface area contributed by atoms with Crippen molar-refractivity contribution in [1.29, 1.82) is 0 Å². The molecule has 5 heteroatoms. The van der Waals surface area contributed by atoms with E-state index in [4.69, 9.17) is 10.3 Å². The first kappa shape index (κ1) is 9.12. The van der Waals surface area contributed by atoms with Crippen molar-refractivity contribution in [2.75, 3.05) is 0 Å². The molecule has 1 aliphatic rings. The summed E-state index contributed by atoms with van der Waals surface area (Å²) in [5, 5.41) is 0. The highest BCUT2D eigenvalue weighted by molar-refractivity contribution is 7.77. The Morgan fingerprint density at radius 3 is 2.36 bits per heavy atom. The summed E-state index contributed by atoms with van der Waals surface area (Å²) in [6.07, 6.45) is 3.73. The van der Waals surface area contributed by atoms with Gasteiger partial charge in [-0.15, -0.1) is 0 Å². The van der Waals surface area contributed by atoms with Gasteiger partial charge in [0.05, 0.1) is 0 Å². The molecule has 4 N–H and O–H groups in total. The van der Waals surface area contributed by atoms with E-state index >= 15 is 0 Å². The monoisotopic (exact) mass is 178 g/mol. The molecule has 1 unspecified atom stereocenters. The molecule has 0 aliphatic heterocycles. The zero-order valence-electron chi connectivity index (χ0n) is 6.32. The van der Waals surface area contributed by atoms with Gasteiger partial charge in [-0.05, 0) is 25.7 Å². The lowest BCUT2D eigenvalue weighted by atomic mass is 9.93. The average molecular weight is 178 g/mol. The van der Waals surface area contributed by atoms with Crippen LogP contribution in [-0.2, 0) is 11.3 Å². The maximum absolute atomic E-state index is 10.3. The van der Waals surface area contributed by atoms with E-state index in [-0.39, 0.29) is 6.04 Å². The Labute approximate surface area is 69.0 Å². The molecule has 1 atom stereocenters. The Bertz CT molecular complexity index is 146. The number of nitrogens with two attached hydrogens (primary N) is 1. The first-order valence-corrected chi connectivity index (χ1v) is 4.92. The van der Waals surface area contributed by atoms with E-state index in [0.717, 1.165) is 25.7 Å². The third-order valence-electron chi connectivity index (χ3n) is 2.04. The van der Waals surface area contributed by atoms with Gasteiger partial charge in [0.15, 0.2) is 0 Å². The topological polar surface area (TPSA) is 75.3 Å². The van der Waals surface area contributed by atoms with Crippen LogP contribution in [0.25, 0.3) is 0 Å². The van der Waals surface area contributed by atoms with Gasteiger partial charge in [0.25, 0.3) is 0 Å². The van der Waals surface area contributed by atoms with E-state index in [1.54, 1.807) is 0 Å². The quantitative estimate of drug-likeness (QED) is 0.520. The van der Waals surface area contributed by atoms with E-state index in [0.29, 0.717) is 6.04 Å². The molecule has 4 nitrogen and oxygen atoms in total. The van der Waals surface area contributed by atoms with Gasteiger partial charge in [0.1, 0.15) is 0 Å². The molecular weight excluding hydrogens is 164 g/mol. The molecule has 0 aromatic carbocycles. The van der Waals surface area contributed by atoms with Crippen molar-refractivity contribution in [3.05, 3.63) is 0 Å². The lowest BCUT2D eigenvalue weighted by Crippen LogP contribution is -2.37. The van der Waals surface area contributed by atoms with Gasteiger partial charge >= 0.3 is 0 Å². The fourth-order valence-corrected chi connectivity index (χ4v) is 1.90. The lowest BCUT2D eigenvalue weighted by Gasteiger charge is -2.25. The molecule has 0 aromatic heterocycles. The minimum Gasteiger partial charge on any atom is -0.328 e. The molecule has 0 heterocycles. The highest BCUT2D eigenvalue weighted by atomic mass is 32.2.